The van der Waals surface area contributed by atoms with Crippen molar-refractivity contribution in [2.75, 3.05) is 27.4 Å². The second kappa shape index (κ2) is 7.21. The molecule has 0 aromatic rings. The van der Waals surface area contributed by atoms with Gasteiger partial charge in [-0.15, -0.1) is 0 Å². The Balaban J connectivity index is 3.07. The maximum atomic E-state index is 12.2. The van der Waals surface area contributed by atoms with Crippen molar-refractivity contribution < 1.29 is 9.53 Å². The Hall–Kier alpha value is -1.66. The Labute approximate surface area is 120 Å². The van der Waals surface area contributed by atoms with Crippen molar-refractivity contribution in [1.82, 2.24) is 15.3 Å². The summed E-state index contributed by atoms with van der Waals surface area (Å²) in [6.07, 6.45) is 1.74. The highest BCUT2D eigenvalue weighted by atomic mass is 16.5. The number of aliphatic imine (C=N–C) groups is 1. The predicted molar refractivity (Wildman–Crippen MR) is 80.0 cm³/mol. The largest absolute Gasteiger partial charge is 0.364 e. The molecule has 6 nitrogen and oxygen atoms in total. The van der Waals surface area contributed by atoms with E-state index < -0.39 is 0 Å². The van der Waals surface area contributed by atoms with E-state index in [1.54, 1.807) is 20.4 Å². The lowest BCUT2D eigenvalue weighted by molar-refractivity contribution is 0.0862. The SMILES string of the molecule is C=C1C(C(C)=NCC(C)C)=CN(COC)C(=O)N1NC. The van der Waals surface area contributed by atoms with Gasteiger partial charge in [0.05, 0.1) is 5.70 Å². The fraction of sp³-hybridized carbons (Fsp3) is 0.571. The number of nitrogens with one attached hydrogen (secondary N) is 1. The molecule has 1 N–H and O–H groups in total. The number of ether oxygens (including phenoxy) is 1. The van der Waals surface area contributed by atoms with Crippen molar-refractivity contribution in [1.29, 1.82) is 0 Å². The summed E-state index contributed by atoms with van der Waals surface area (Å²) in [6.45, 7) is 11.0. The van der Waals surface area contributed by atoms with Crippen molar-refractivity contribution in [2.45, 2.75) is 20.8 Å². The molecule has 20 heavy (non-hydrogen) atoms. The fourth-order valence-electron chi connectivity index (χ4n) is 1.82. The fourth-order valence-corrected chi connectivity index (χ4v) is 1.82. The number of carbonyl (C=O) groups is 1. The zero-order valence-corrected chi connectivity index (χ0v) is 12.9. The van der Waals surface area contributed by atoms with Crippen LogP contribution in [0.25, 0.3) is 0 Å². The molecule has 0 saturated carbocycles. The van der Waals surface area contributed by atoms with E-state index >= 15 is 0 Å². The summed E-state index contributed by atoms with van der Waals surface area (Å²) in [5.41, 5.74) is 5.11. The molecule has 0 saturated heterocycles. The van der Waals surface area contributed by atoms with Crippen LogP contribution in [0.2, 0.25) is 0 Å². The topological polar surface area (TPSA) is 57.2 Å². The molecule has 112 valence electrons. The molecule has 0 atom stereocenters. The molecule has 0 aromatic carbocycles. The van der Waals surface area contributed by atoms with Gasteiger partial charge >= 0.3 is 6.03 Å². The van der Waals surface area contributed by atoms with E-state index in [1.165, 1.54) is 9.91 Å². The van der Waals surface area contributed by atoms with Crippen LogP contribution in [-0.2, 0) is 4.74 Å². The van der Waals surface area contributed by atoms with E-state index in [2.05, 4.69) is 30.8 Å². The zero-order valence-electron chi connectivity index (χ0n) is 12.9. The maximum Gasteiger partial charge on any atom is 0.345 e. The number of urea groups is 1. The third-order valence-corrected chi connectivity index (χ3v) is 2.88. The van der Waals surface area contributed by atoms with E-state index in [0.717, 1.165) is 17.8 Å². The molecule has 1 heterocycles. The summed E-state index contributed by atoms with van der Waals surface area (Å²) < 4.78 is 5.04. The number of amides is 2. The minimum atomic E-state index is -0.222. The first-order valence-corrected chi connectivity index (χ1v) is 6.61. The molecule has 0 aliphatic carbocycles. The second-order valence-electron chi connectivity index (χ2n) is 5.04. The van der Waals surface area contributed by atoms with Gasteiger partial charge in [0.2, 0.25) is 0 Å². The van der Waals surface area contributed by atoms with E-state index in [0.29, 0.717) is 11.6 Å². The van der Waals surface area contributed by atoms with Crippen LogP contribution in [0.15, 0.2) is 29.0 Å². The molecule has 0 unspecified atom stereocenters. The third-order valence-electron chi connectivity index (χ3n) is 2.88. The van der Waals surface area contributed by atoms with Gasteiger partial charge in [-0.2, -0.15) is 0 Å². The van der Waals surface area contributed by atoms with Gasteiger partial charge in [0.25, 0.3) is 0 Å². The number of methoxy groups -OCH3 is 1. The van der Waals surface area contributed by atoms with E-state index in [1.807, 2.05) is 6.92 Å². The number of rotatable bonds is 6. The normalized spacial score (nSPS) is 17.1. The molecule has 0 aromatic heterocycles. The van der Waals surface area contributed by atoms with Gasteiger partial charge in [-0.05, 0) is 12.8 Å². The minimum Gasteiger partial charge on any atom is -0.364 e. The highest BCUT2D eigenvalue weighted by Gasteiger charge is 2.29. The van der Waals surface area contributed by atoms with Crippen molar-refractivity contribution >= 4 is 11.7 Å². The maximum absolute atomic E-state index is 12.2. The third kappa shape index (κ3) is 3.68. The van der Waals surface area contributed by atoms with Gasteiger partial charge in [0, 0.05) is 38.2 Å². The van der Waals surface area contributed by atoms with Crippen LogP contribution in [0.5, 0.6) is 0 Å². The first-order chi connectivity index (χ1) is 9.42. The zero-order chi connectivity index (χ0) is 15.3. The first kappa shape index (κ1) is 16.4. The average Bonchev–Trinajstić information content (AvgIpc) is 2.40. The molecule has 1 rings (SSSR count). The monoisotopic (exact) mass is 280 g/mol. The van der Waals surface area contributed by atoms with Crippen LogP contribution in [0.4, 0.5) is 4.79 Å². The van der Waals surface area contributed by atoms with Gasteiger partial charge < -0.3 is 4.74 Å². The van der Waals surface area contributed by atoms with Gasteiger partial charge in [-0.1, -0.05) is 20.4 Å². The number of hydrogen-bond donors (Lipinski definition) is 1. The molecule has 1 aliphatic heterocycles. The van der Waals surface area contributed by atoms with Crippen LogP contribution < -0.4 is 5.43 Å². The second-order valence-corrected chi connectivity index (χ2v) is 5.04. The Morgan fingerprint density at radius 2 is 2.20 bits per heavy atom. The lowest BCUT2D eigenvalue weighted by atomic mass is 10.1. The minimum absolute atomic E-state index is 0.186. The summed E-state index contributed by atoms with van der Waals surface area (Å²) >= 11 is 0. The molecule has 0 bridgehead atoms. The highest BCUT2D eigenvalue weighted by molar-refractivity contribution is 6.04. The average molecular weight is 280 g/mol. The van der Waals surface area contributed by atoms with E-state index in [4.69, 9.17) is 4.74 Å². The molecule has 1 aliphatic rings. The molecule has 6 heteroatoms. The number of hydrogen-bond acceptors (Lipinski definition) is 4. The molecular formula is C14H24N4O2. The summed E-state index contributed by atoms with van der Waals surface area (Å²) in [6, 6.07) is -0.222. The van der Waals surface area contributed by atoms with E-state index in [-0.39, 0.29) is 12.8 Å². The lowest BCUT2D eigenvalue weighted by Gasteiger charge is -2.34. The Morgan fingerprint density at radius 1 is 1.55 bits per heavy atom. The van der Waals surface area contributed by atoms with Gasteiger partial charge in [0.15, 0.2) is 0 Å². The van der Waals surface area contributed by atoms with Crippen molar-refractivity contribution in [3.8, 4) is 0 Å². The summed E-state index contributed by atoms with van der Waals surface area (Å²) in [5, 5.41) is 1.39. The lowest BCUT2D eigenvalue weighted by Crippen LogP contribution is -2.50. The van der Waals surface area contributed by atoms with Gasteiger partial charge in [-0.25, -0.2) is 15.2 Å². The Morgan fingerprint density at radius 3 is 2.70 bits per heavy atom. The molecule has 0 spiro atoms. The Kier molecular flexibility index (Phi) is 5.91. The number of allylic oxidation sites excluding steroid dienone is 1. The van der Waals surface area contributed by atoms with Gasteiger partial charge in [0.1, 0.15) is 6.73 Å². The molecule has 0 fully saturated rings. The highest BCUT2D eigenvalue weighted by Crippen LogP contribution is 2.22. The smallest absolute Gasteiger partial charge is 0.345 e. The molecular weight excluding hydrogens is 256 g/mol. The van der Waals surface area contributed by atoms with Gasteiger partial charge in [-0.3, -0.25) is 9.89 Å². The van der Waals surface area contributed by atoms with Crippen LogP contribution in [-0.4, -0.2) is 49.1 Å². The summed E-state index contributed by atoms with van der Waals surface area (Å²) in [4.78, 5) is 18.2. The summed E-state index contributed by atoms with van der Waals surface area (Å²) in [5.74, 6) is 0.486. The van der Waals surface area contributed by atoms with Crippen LogP contribution >= 0.6 is 0 Å². The number of nitrogens with zero attached hydrogens (tertiary/aromatic N) is 3. The van der Waals surface area contributed by atoms with Crippen molar-refractivity contribution in [3.05, 3.63) is 24.0 Å². The van der Waals surface area contributed by atoms with Crippen molar-refractivity contribution in [3.63, 3.8) is 0 Å². The number of carbonyl (C=O) groups excluding carboxylic acids is 1. The Bertz CT molecular complexity index is 440. The molecule has 0 radical (unpaired) electrons. The standard InChI is InChI=1S/C14H24N4O2/c1-10(2)7-16-11(3)13-8-17(9-20-6)14(19)18(15-5)12(13)4/h8,10,15H,4,7,9H2,1-3,5-6H3. The van der Waals surface area contributed by atoms with Crippen LogP contribution in [0.1, 0.15) is 20.8 Å². The quantitative estimate of drug-likeness (QED) is 0.757. The summed E-state index contributed by atoms with van der Waals surface area (Å²) in [7, 11) is 3.23. The van der Waals surface area contributed by atoms with Crippen molar-refractivity contribution in [2.24, 2.45) is 10.9 Å². The molecule has 2 amide bonds. The first-order valence-electron chi connectivity index (χ1n) is 6.61. The predicted octanol–water partition coefficient (Wildman–Crippen LogP) is 1.98. The van der Waals surface area contributed by atoms with E-state index in [9.17, 15) is 4.79 Å². The van der Waals surface area contributed by atoms with Crippen LogP contribution in [0.3, 0.4) is 0 Å². The van der Waals surface area contributed by atoms with Crippen LogP contribution in [0, 0.1) is 5.92 Å². The number of hydrazine groups is 1.